The van der Waals surface area contributed by atoms with Crippen molar-refractivity contribution < 1.29 is 35.4 Å². The molecule has 0 aliphatic rings. The molecule has 2 aromatic rings. The molecule has 0 aliphatic heterocycles. The number of ketones is 1. The molecule has 20 heavy (non-hydrogen) atoms. The summed E-state index contributed by atoms with van der Waals surface area (Å²) < 4.78 is 0. The third-order valence-electron chi connectivity index (χ3n) is 2.69. The second kappa shape index (κ2) is 4.54. The normalized spacial score (nSPS) is 10.4. The molecule has 0 saturated carbocycles. The summed E-state index contributed by atoms with van der Waals surface area (Å²) in [5, 5.41) is 56.6. The fourth-order valence-electron chi connectivity index (χ4n) is 1.70. The van der Waals surface area contributed by atoms with E-state index in [1.807, 2.05) is 0 Å². The van der Waals surface area contributed by atoms with E-state index in [0.29, 0.717) is 6.07 Å². The van der Waals surface area contributed by atoms with Crippen molar-refractivity contribution in [2.75, 3.05) is 0 Å². The Morgan fingerprint density at radius 1 is 0.750 bits per heavy atom. The van der Waals surface area contributed by atoms with Crippen molar-refractivity contribution in [3.63, 3.8) is 0 Å². The average molecular weight is 278 g/mol. The van der Waals surface area contributed by atoms with Gasteiger partial charge in [-0.25, -0.2) is 0 Å². The van der Waals surface area contributed by atoms with E-state index < -0.39 is 40.1 Å². The molecule has 2 aromatic carbocycles. The smallest absolute Gasteiger partial charge is 0.204 e. The van der Waals surface area contributed by atoms with Gasteiger partial charge in [0, 0.05) is 12.1 Å². The van der Waals surface area contributed by atoms with Crippen LogP contribution in [0.15, 0.2) is 24.3 Å². The van der Waals surface area contributed by atoms with Gasteiger partial charge in [-0.05, 0) is 12.1 Å². The molecule has 0 spiro atoms. The first-order chi connectivity index (χ1) is 9.32. The van der Waals surface area contributed by atoms with E-state index >= 15 is 0 Å². The van der Waals surface area contributed by atoms with Gasteiger partial charge in [-0.15, -0.1) is 0 Å². The van der Waals surface area contributed by atoms with Crippen molar-refractivity contribution in [1.82, 2.24) is 0 Å². The molecule has 0 amide bonds. The maximum Gasteiger partial charge on any atom is 0.204 e. The van der Waals surface area contributed by atoms with Crippen LogP contribution in [0.2, 0.25) is 0 Å². The van der Waals surface area contributed by atoms with Gasteiger partial charge < -0.3 is 30.6 Å². The highest BCUT2D eigenvalue weighted by atomic mass is 16.3. The zero-order valence-corrected chi connectivity index (χ0v) is 9.90. The van der Waals surface area contributed by atoms with E-state index in [4.69, 9.17) is 5.11 Å². The van der Waals surface area contributed by atoms with Crippen molar-refractivity contribution >= 4 is 5.78 Å². The number of carbonyl (C=O) groups is 1. The summed E-state index contributed by atoms with van der Waals surface area (Å²) in [6, 6.07) is 3.73. The maximum atomic E-state index is 12.1. The molecule has 7 heteroatoms. The highest BCUT2D eigenvalue weighted by Gasteiger charge is 2.25. The number of phenols is 6. The number of hydrogen-bond donors (Lipinski definition) is 6. The van der Waals surface area contributed by atoms with Crippen LogP contribution >= 0.6 is 0 Å². The van der Waals surface area contributed by atoms with Gasteiger partial charge >= 0.3 is 0 Å². The lowest BCUT2D eigenvalue weighted by Gasteiger charge is -2.10. The summed E-state index contributed by atoms with van der Waals surface area (Å²) in [6.45, 7) is 0. The summed E-state index contributed by atoms with van der Waals surface area (Å²) in [5.41, 5.74) is -1.10. The Labute approximate surface area is 112 Å². The molecule has 0 atom stereocenters. The van der Waals surface area contributed by atoms with Crippen LogP contribution in [0.25, 0.3) is 0 Å². The van der Waals surface area contributed by atoms with Crippen molar-refractivity contribution in [1.29, 1.82) is 0 Å². The Bertz CT molecular complexity index is 680. The van der Waals surface area contributed by atoms with Crippen molar-refractivity contribution in [3.8, 4) is 34.5 Å². The Morgan fingerprint density at radius 3 is 1.80 bits per heavy atom. The highest BCUT2D eigenvalue weighted by molar-refractivity contribution is 6.14. The molecular formula is C13H10O7. The molecule has 0 fully saturated rings. The first-order valence-corrected chi connectivity index (χ1v) is 5.36. The number of hydrogen-bond acceptors (Lipinski definition) is 7. The molecule has 0 saturated heterocycles. The monoisotopic (exact) mass is 278 g/mol. The molecule has 0 aliphatic carbocycles. The maximum absolute atomic E-state index is 12.1. The lowest BCUT2D eigenvalue weighted by Crippen LogP contribution is -2.03. The molecular weight excluding hydrogens is 268 g/mol. The van der Waals surface area contributed by atoms with Crippen molar-refractivity contribution in [3.05, 3.63) is 35.4 Å². The number of phenolic OH excluding ortho intramolecular Hbond substituents is 6. The van der Waals surface area contributed by atoms with Crippen LogP contribution in [0.4, 0.5) is 0 Å². The standard InChI is InChI=1S/C13H10O7/c14-5-1-2-6(7(15)3-5)11(18)10-12(19)8(16)4-9(17)13(10)20/h1-4,14-17,19-20H. The Balaban J connectivity index is 2.65. The molecule has 0 radical (unpaired) electrons. The first-order valence-electron chi connectivity index (χ1n) is 5.36. The fourth-order valence-corrected chi connectivity index (χ4v) is 1.70. The summed E-state index contributed by atoms with van der Waals surface area (Å²) in [6.07, 6.45) is 0. The molecule has 2 rings (SSSR count). The Morgan fingerprint density at radius 2 is 1.30 bits per heavy atom. The van der Waals surface area contributed by atoms with E-state index in [9.17, 15) is 30.3 Å². The zero-order chi connectivity index (χ0) is 15.0. The second-order valence-corrected chi connectivity index (χ2v) is 4.02. The molecule has 0 heterocycles. The number of carbonyl (C=O) groups excluding carboxylic acids is 1. The number of aromatic hydroxyl groups is 6. The quantitative estimate of drug-likeness (QED) is 0.275. The van der Waals surface area contributed by atoms with E-state index in [1.165, 1.54) is 0 Å². The summed E-state index contributed by atoms with van der Waals surface area (Å²) >= 11 is 0. The van der Waals surface area contributed by atoms with Crippen LogP contribution in [-0.4, -0.2) is 36.4 Å². The SMILES string of the molecule is O=C(c1ccc(O)cc1O)c1c(O)c(O)cc(O)c1O. The predicted molar refractivity (Wildman–Crippen MR) is 66.3 cm³/mol. The van der Waals surface area contributed by atoms with Gasteiger partial charge in [0.05, 0.1) is 5.56 Å². The minimum absolute atomic E-state index is 0.286. The van der Waals surface area contributed by atoms with Gasteiger partial charge in [-0.3, -0.25) is 4.79 Å². The molecule has 0 aromatic heterocycles. The molecule has 6 N–H and O–H groups in total. The van der Waals surface area contributed by atoms with E-state index in [0.717, 1.165) is 18.2 Å². The predicted octanol–water partition coefficient (Wildman–Crippen LogP) is 1.15. The van der Waals surface area contributed by atoms with Crippen LogP contribution in [0, 0.1) is 0 Å². The van der Waals surface area contributed by atoms with Gasteiger partial charge in [0.1, 0.15) is 17.1 Å². The largest absolute Gasteiger partial charge is 0.508 e. The lowest BCUT2D eigenvalue weighted by atomic mass is 9.99. The van der Waals surface area contributed by atoms with Crippen LogP contribution < -0.4 is 0 Å². The Hall–Kier alpha value is -3.09. The third-order valence-corrected chi connectivity index (χ3v) is 2.69. The van der Waals surface area contributed by atoms with Gasteiger partial charge in [0.15, 0.2) is 23.0 Å². The highest BCUT2D eigenvalue weighted by Crippen LogP contribution is 2.43. The first kappa shape index (κ1) is 13.3. The minimum Gasteiger partial charge on any atom is -0.508 e. The second-order valence-electron chi connectivity index (χ2n) is 4.02. The van der Waals surface area contributed by atoms with Crippen LogP contribution in [0.3, 0.4) is 0 Å². The third kappa shape index (κ3) is 2.01. The molecule has 0 unspecified atom stereocenters. The van der Waals surface area contributed by atoms with Crippen LogP contribution in [0.1, 0.15) is 15.9 Å². The lowest BCUT2D eigenvalue weighted by molar-refractivity contribution is 0.102. The van der Waals surface area contributed by atoms with Crippen LogP contribution in [-0.2, 0) is 0 Å². The summed E-state index contributed by atoms with van der Waals surface area (Å²) in [7, 11) is 0. The zero-order valence-electron chi connectivity index (χ0n) is 9.90. The summed E-state index contributed by atoms with van der Waals surface area (Å²) in [5.74, 6) is -5.38. The van der Waals surface area contributed by atoms with Crippen molar-refractivity contribution in [2.24, 2.45) is 0 Å². The topological polar surface area (TPSA) is 138 Å². The molecule has 7 nitrogen and oxygen atoms in total. The number of benzene rings is 2. The van der Waals surface area contributed by atoms with E-state index in [2.05, 4.69) is 0 Å². The van der Waals surface area contributed by atoms with E-state index in [-0.39, 0.29) is 11.3 Å². The summed E-state index contributed by atoms with van der Waals surface area (Å²) in [4.78, 5) is 12.1. The van der Waals surface area contributed by atoms with Gasteiger partial charge in [0.2, 0.25) is 5.78 Å². The average Bonchev–Trinajstić information content (AvgIpc) is 2.36. The molecule has 0 bridgehead atoms. The molecule has 104 valence electrons. The Kier molecular flexibility index (Phi) is 3.03. The van der Waals surface area contributed by atoms with Crippen LogP contribution in [0.5, 0.6) is 34.5 Å². The fraction of sp³-hybridized carbons (Fsp3) is 0. The van der Waals surface area contributed by atoms with Gasteiger partial charge in [-0.1, -0.05) is 0 Å². The van der Waals surface area contributed by atoms with Crippen molar-refractivity contribution in [2.45, 2.75) is 0 Å². The van der Waals surface area contributed by atoms with E-state index in [1.54, 1.807) is 0 Å². The van der Waals surface area contributed by atoms with Gasteiger partial charge in [0.25, 0.3) is 0 Å². The minimum atomic E-state index is -1.04. The van der Waals surface area contributed by atoms with Gasteiger partial charge in [-0.2, -0.15) is 0 Å². The number of rotatable bonds is 2.